The minimum absolute atomic E-state index is 0.104. The van der Waals surface area contributed by atoms with Gasteiger partial charge in [-0.15, -0.1) is 0 Å². The van der Waals surface area contributed by atoms with Crippen molar-refractivity contribution in [2.45, 2.75) is 25.8 Å². The first-order valence-corrected chi connectivity index (χ1v) is 4.76. The quantitative estimate of drug-likeness (QED) is 0.513. The zero-order valence-electron chi connectivity index (χ0n) is 6.44. The van der Waals surface area contributed by atoms with Gasteiger partial charge in [0.15, 0.2) is 0 Å². The van der Waals surface area contributed by atoms with Crippen LogP contribution >= 0.6 is 0 Å². The molecule has 8 heavy (non-hydrogen) atoms. The van der Waals surface area contributed by atoms with E-state index in [1.165, 1.54) is 6.42 Å². The number of hydrogen-bond acceptors (Lipinski definition) is 1. The maximum Gasteiger partial charge on any atom is 0.0971 e. The van der Waals surface area contributed by atoms with E-state index in [1.807, 2.05) is 0 Å². The largest absolute Gasteiger partial charge is 0.334 e. The van der Waals surface area contributed by atoms with Crippen LogP contribution in [-0.2, 0) is 0 Å². The molecule has 0 amide bonds. The van der Waals surface area contributed by atoms with E-state index < -0.39 is 0 Å². The highest BCUT2D eigenvalue weighted by Gasteiger charge is 1.99. The summed E-state index contributed by atoms with van der Waals surface area (Å²) in [6, 6.07) is 0. The summed E-state index contributed by atoms with van der Waals surface area (Å²) >= 11 is 0. The average molecular weight is 131 g/mol. The van der Waals surface area contributed by atoms with Crippen LogP contribution in [0.3, 0.4) is 0 Å². The topological polar surface area (TPSA) is 3.24 Å². The van der Waals surface area contributed by atoms with E-state index in [0.717, 1.165) is 5.54 Å². The number of hydrogen-bond donors (Lipinski definition) is 0. The Morgan fingerprint density at radius 2 is 2.00 bits per heavy atom. The van der Waals surface area contributed by atoms with Crippen LogP contribution in [0.1, 0.15) is 20.3 Å². The number of rotatable bonds is 3. The molecule has 0 saturated carbocycles. The lowest BCUT2D eigenvalue weighted by Crippen LogP contribution is -2.20. The van der Waals surface area contributed by atoms with Crippen LogP contribution in [0.4, 0.5) is 0 Å². The second-order valence-electron chi connectivity index (χ2n) is 2.78. The van der Waals surface area contributed by atoms with Crippen molar-refractivity contribution in [2.75, 3.05) is 14.1 Å². The van der Waals surface area contributed by atoms with Crippen LogP contribution < -0.4 is 0 Å². The third kappa shape index (κ3) is 4.34. The fraction of sp³-hybridized carbons (Fsp3) is 1.00. The molecule has 0 bridgehead atoms. The Morgan fingerprint density at radius 1 is 1.50 bits per heavy atom. The highest BCUT2D eigenvalue weighted by atomic mass is 28.2. The molecule has 0 aromatic carbocycles. The summed E-state index contributed by atoms with van der Waals surface area (Å²) in [4.78, 5) is 0. The van der Waals surface area contributed by atoms with Crippen molar-refractivity contribution in [3.63, 3.8) is 0 Å². The molecule has 0 aromatic rings. The third-order valence-electron chi connectivity index (χ3n) is 1.37. The lowest BCUT2D eigenvalue weighted by atomic mass is 10.4. The minimum Gasteiger partial charge on any atom is -0.334 e. The van der Waals surface area contributed by atoms with E-state index >= 15 is 0 Å². The van der Waals surface area contributed by atoms with Crippen LogP contribution in [0, 0.1) is 0 Å². The molecule has 0 saturated heterocycles. The molecule has 0 aliphatic rings. The van der Waals surface area contributed by atoms with Gasteiger partial charge in [0, 0.05) is 0 Å². The molecule has 0 rings (SSSR count). The van der Waals surface area contributed by atoms with Crippen LogP contribution in [-0.4, -0.2) is 28.3 Å². The van der Waals surface area contributed by atoms with Gasteiger partial charge in [-0.05, 0) is 19.6 Å². The molecular weight excluding hydrogens is 114 g/mol. The maximum atomic E-state index is 2.37. The molecule has 0 radical (unpaired) electrons. The first-order chi connectivity index (χ1) is 3.66. The van der Waals surface area contributed by atoms with Crippen LogP contribution in [0.25, 0.3) is 0 Å². The van der Waals surface area contributed by atoms with Crippen LogP contribution in [0.2, 0.25) is 5.54 Å². The second-order valence-corrected chi connectivity index (χ2v) is 5.80. The molecule has 2 heteroatoms. The SMILES string of the molecule is CCC(C)[SiH2]N(C)C. The van der Waals surface area contributed by atoms with Gasteiger partial charge >= 0.3 is 0 Å². The normalized spacial score (nSPS) is 16.1. The molecule has 0 aromatic heterocycles. The van der Waals surface area contributed by atoms with Crippen molar-refractivity contribution in [3.8, 4) is 0 Å². The summed E-state index contributed by atoms with van der Waals surface area (Å²) in [6.45, 7) is 4.60. The predicted octanol–water partition coefficient (Wildman–Crippen LogP) is 0.850. The summed E-state index contributed by atoms with van der Waals surface area (Å²) in [5.41, 5.74) is 0.991. The molecule has 1 nitrogen and oxygen atoms in total. The maximum absolute atomic E-state index is 2.37. The minimum atomic E-state index is 0.104. The highest BCUT2D eigenvalue weighted by Crippen LogP contribution is 2.05. The van der Waals surface area contributed by atoms with Crippen molar-refractivity contribution in [1.82, 2.24) is 4.57 Å². The molecule has 1 unspecified atom stereocenters. The molecule has 1 atom stereocenters. The Labute approximate surface area is 55.0 Å². The Bertz CT molecular complexity index is 54.5. The average Bonchev–Trinajstić information content (AvgIpc) is 1.65. The third-order valence-corrected chi connectivity index (χ3v) is 3.30. The van der Waals surface area contributed by atoms with Crippen molar-refractivity contribution in [2.24, 2.45) is 0 Å². The molecule has 0 heterocycles. The summed E-state index contributed by atoms with van der Waals surface area (Å²) in [5, 5.41) is 0. The molecule has 50 valence electrons. The highest BCUT2D eigenvalue weighted by molar-refractivity contribution is 6.33. The zero-order valence-corrected chi connectivity index (χ0v) is 7.85. The molecule has 0 aliphatic heterocycles. The van der Waals surface area contributed by atoms with Gasteiger partial charge in [-0.1, -0.05) is 20.3 Å². The van der Waals surface area contributed by atoms with E-state index in [2.05, 4.69) is 32.5 Å². The monoisotopic (exact) mass is 131 g/mol. The van der Waals surface area contributed by atoms with Gasteiger partial charge in [0.2, 0.25) is 0 Å². The molecule has 0 spiro atoms. The Balaban J connectivity index is 3.10. The van der Waals surface area contributed by atoms with Crippen molar-refractivity contribution < 1.29 is 0 Å². The van der Waals surface area contributed by atoms with Crippen LogP contribution in [0.15, 0.2) is 0 Å². The summed E-state index contributed by atoms with van der Waals surface area (Å²) in [5.74, 6) is 0. The van der Waals surface area contributed by atoms with Gasteiger partial charge in [0.25, 0.3) is 0 Å². The fourth-order valence-electron chi connectivity index (χ4n) is 0.752. The van der Waals surface area contributed by atoms with Gasteiger partial charge in [-0.2, -0.15) is 0 Å². The van der Waals surface area contributed by atoms with Gasteiger partial charge in [-0.25, -0.2) is 0 Å². The fourth-order valence-corrected chi connectivity index (χ4v) is 2.26. The van der Waals surface area contributed by atoms with E-state index in [1.54, 1.807) is 0 Å². The van der Waals surface area contributed by atoms with Gasteiger partial charge in [0.1, 0.15) is 0 Å². The van der Waals surface area contributed by atoms with E-state index in [9.17, 15) is 0 Å². The summed E-state index contributed by atoms with van der Waals surface area (Å²) in [7, 11) is 4.46. The Kier molecular flexibility index (Phi) is 4.19. The molecular formula is C6H17NSi. The van der Waals surface area contributed by atoms with Crippen LogP contribution in [0.5, 0.6) is 0 Å². The zero-order chi connectivity index (χ0) is 6.57. The van der Waals surface area contributed by atoms with Gasteiger partial charge in [-0.3, -0.25) is 0 Å². The number of nitrogens with zero attached hydrogens (tertiary/aromatic N) is 1. The predicted molar refractivity (Wildman–Crippen MR) is 41.9 cm³/mol. The van der Waals surface area contributed by atoms with Crippen molar-refractivity contribution in [1.29, 1.82) is 0 Å². The lowest BCUT2D eigenvalue weighted by molar-refractivity contribution is 0.635. The molecule has 0 fully saturated rings. The van der Waals surface area contributed by atoms with E-state index in [0.29, 0.717) is 0 Å². The standard InChI is InChI=1S/C6H17NSi/c1-5-6(2)8-7(3)4/h6H,5,8H2,1-4H3. The summed E-state index contributed by atoms with van der Waals surface area (Å²) in [6.07, 6.45) is 1.35. The molecule has 0 aliphatic carbocycles. The van der Waals surface area contributed by atoms with E-state index in [-0.39, 0.29) is 9.68 Å². The second kappa shape index (κ2) is 4.10. The first kappa shape index (κ1) is 8.18. The van der Waals surface area contributed by atoms with Gasteiger partial charge < -0.3 is 4.57 Å². The summed E-state index contributed by atoms with van der Waals surface area (Å²) < 4.78 is 2.37. The van der Waals surface area contributed by atoms with Crippen molar-refractivity contribution >= 4 is 9.68 Å². The molecule has 0 N–H and O–H groups in total. The first-order valence-electron chi connectivity index (χ1n) is 3.31. The Hall–Kier alpha value is 0.177. The van der Waals surface area contributed by atoms with Gasteiger partial charge in [0.05, 0.1) is 9.68 Å². The smallest absolute Gasteiger partial charge is 0.0971 e. The van der Waals surface area contributed by atoms with Crippen molar-refractivity contribution in [3.05, 3.63) is 0 Å². The lowest BCUT2D eigenvalue weighted by Gasteiger charge is -2.12. The Morgan fingerprint density at radius 3 is 2.12 bits per heavy atom. The van der Waals surface area contributed by atoms with E-state index in [4.69, 9.17) is 0 Å².